The maximum absolute atomic E-state index is 13.8. The van der Waals surface area contributed by atoms with Gasteiger partial charge in [-0.1, -0.05) is 96.5 Å². The van der Waals surface area contributed by atoms with E-state index in [1.807, 2.05) is 71.3 Å². The quantitative estimate of drug-likeness (QED) is 0.237. The predicted octanol–water partition coefficient (Wildman–Crippen LogP) is 5.81. The van der Waals surface area contributed by atoms with Crippen molar-refractivity contribution in [3.8, 4) is 11.3 Å². The Morgan fingerprint density at radius 3 is 2.35 bits per heavy atom. The van der Waals surface area contributed by atoms with Crippen molar-refractivity contribution in [1.29, 1.82) is 0 Å². The molecule has 1 fully saturated rings. The summed E-state index contributed by atoms with van der Waals surface area (Å²) in [6, 6.07) is 22.1. The van der Waals surface area contributed by atoms with Crippen molar-refractivity contribution in [1.82, 2.24) is 14.3 Å². The summed E-state index contributed by atoms with van der Waals surface area (Å²) in [5.74, 6) is -0.175. The molecule has 0 radical (unpaired) electrons. The third-order valence-corrected chi connectivity index (χ3v) is 7.58. The summed E-state index contributed by atoms with van der Waals surface area (Å²) < 4.78 is 4.36. The van der Waals surface area contributed by atoms with Gasteiger partial charge in [0.2, 0.25) is 0 Å². The van der Waals surface area contributed by atoms with Crippen LogP contribution in [-0.4, -0.2) is 20.9 Å². The van der Waals surface area contributed by atoms with E-state index in [0.717, 1.165) is 46.9 Å². The van der Waals surface area contributed by atoms with Gasteiger partial charge in [0.25, 0.3) is 11.5 Å². The highest BCUT2D eigenvalue weighted by molar-refractivity contribution is 14.1. The van der Waals surface area contributed by atoms with Crippen LogP contribution < -0.4 is 10.9 Å². The first kappa shape index (κ1) is 22.9. The topological polar surface area (TPSA) is 55.5 Å². The van der Waals surface area contributed by atoms with Crippen LogP contribution in [0.15, 0.2) is 77.7 Å². The molecule has 5 rings (SSSR count). The fraction of sp³-hybridized carbons (Fsp3) is 0.286. The minimum absolute atomic E-state index is 0.151. The van der Waals surface area contributed by atoms with E-state index in [0.29, 0.717) is 17.8 Å². The Bertz CT molecular complexity index is 1370. The zero-order valence-electron chi connectivity index (χ0n) is 19.0. The maximum Gasteiger partial charge on any atom is 0.275 e. The molecule has 2 heterocycles. The Labute approximate surface area is 213 Å². The van der Waals surface area contributed by atoms with Crippen molar-refractivity contribution in [2.24, 2.45) is 0 Å². The molecule has 2 aromatic carbocycles. The van der Waals surface area contributed by atoms with E-state index in [2.05, 4.69) is 34.0 Å². The van der Waals surface area contributed by atoms with Crippen LogP contribution in [0.25, 0.3) is 16.8 Å². The van der Waals surface area contributed by atoms with Crippen LogP contribution in [0.5, 0.6) is 0 Å². The lowest BCUT2D eigenvalue weighted by atomic mass is 9.95. The van der Waals surface area contributed by atoms with Crippen LogP contribution >= 0.6 is 22.6 Å². The monoisotopic (exact) mass is 565 g/mol. The number of nitrogens with zero attached hydrogens (tertiary/aromatic N) is 2. The highest BCUT2D eigenvalue weighted by Gasteiger charge is 2.22. The molecular formula is C28H28IN3O2. The number of carbonyl (C=O) groups excluding carboxylic acids is 1. The molecule has 1 aliphatic rings. The van der Waals surface area contributed by atoms with Gasteiger partial charge in [-0.3, -0.25) is 14.2 Å². The lowest BCUT2D eigenvalue weighted by Gasteiger charge is -2.24. The van der Waals surface area contributed by atoms with E-state index < -0.39 is 0 Å². The van der Waals surface area contributed by atoms with Crippen molar-refractivity contribution in [2.75, 3.05) is 0 Å². The van der Waals surface area contributed by atoms with Crippen molar-refractivity contribution < 1.29 is 4.79 Å². The molecule has 0 saturated heterocycles. The van der Waals surface area contributed by atoms with E-state index in [1.165, 1.54) is 12.0 Å². The summed E-state index contributed by atoms with van der Waals surface area (Å²) in [6.07, 6.45) is 7.32. The van der Waals surface area contributed by atoms with Gasteiger partial charge < -0.3 is 9.72 Å². The third kappa shape index (κ3) is 4.56. The molecule has 2 aromatic heterocycles. The number of alkyl halides is 1. The van der Waals surface area contributed by atoms with Crippen LogP contribution in [-0.2, 0) is 11.0 Å². The van der Waals surface area contributed by atoms with Crippen LogP contribution in [0, 0.1) is 0 Å². The van der Waals surface area contributed by atoms with E-state index in [9.17, 15) is 9.59 Å². The van der Waals surface area contributed by atoms with Crippen LogP contribution in [0.4, 0.5) is 0 Å². The summed E-state index contributed by atoms with van der Waals surface area (Å²) in [6.45, 7) is 0.369. The molecular weight excluding hydrogens is 537 g/mol. The largest absolute Gasteiger partial charge is 0.348 e. The molecule has 0 bridgehead atoms. The SMILES string of the molecule is O=C(NC1CCCCC1)c1cn2c(-c3ccccc3)ccc2c(=O)n1Cc1ccccc1CI. The Balaban J connectivity index is 1.64. The number of aromatic nitrogens is 2. The Hall–Kier alpha value is -2.87. The molecule has 1 amide bonds. The highest BCUT2D eigenvalue weighted by atomic mass is 127. The zero-order valence-corrected chi connectivity index (χ0v) is 21.2. The number of hydrogen-bond acceptors (Lipinski definition) is 2. The lowest BCUT2D eigenvalue weighted by molar-refractivity contribution is 0.0917. The van der Waals surface area contributed by atoms with Crippen molar-refractivity contribution in [3.63, 3.8) is 0 Å². The smallest absolute Gasteiger partial charge is 0.275 e. The van der Waals surface area contributed by atoms with Crippen molar-refractivity contribution in [3.05, 3.63) is 100 Å². The number of benzene rings is 2. The van der Waals surface area contributed by atoms with Gasteiger partial charge in [-0.15, -0.1) is 0 Å². The van der Waals surface area contributed by atoms with Gasteiger partial charge in [0.05, 0.1) is 12.2 Å². The van der Waals surface area contributed by atoms with Gasteiger partial charge in [0.15, 0.2) is 0 Å². The van der Waals surface area contributed by atoms with Gasteiger partial charge in [-0.25, -0.2) is 0 Å². The summed E-state index contributed by atoms with van der Waals surface area (Å²) in [5.41, 5.74) is 4.97. The number of halogens is 1. The van der Waals surface area contributed by atoms with Gasteiger partial charge in [0, 0.05) is 16.7 Å². The average molecular weight is 565 g/mol. The summed E-state index contributed by atoms with van der Waals surface area (Å²) in [5, 5.41) is 3.22. The minimum Gasteiger partial charge on any atom is -0.348 e. The number of nitrogens with one attached hydrogen (secondary N) is 1. The number of carbonyl (C=O) groups is 1. The molecule has 174 valence electrons. The number of hydrogen-bond donors (Lipinski definition) is 1. The summed E-state index contributed by atoms with van der Waals surface area (Å²) in [7, 11) is 0. The lowest BCUT2D eigenvalue weighted by Crippen LogP contribution is -2.40. The van der Waals surface area contributed by atoms with Crippen molar-refractivity contribution in [2.45, 2.75) is 49.1 Å². The number of amides is 1. The Morgan fingerprint density at radius 1 is 0.912 bits per heavy atom. The molecule has 0 unspecified atom stereocenters. The Morgan fingerprint density at radius 2 is 1.62 bits per heavy atom. The van der Waals surface area contributed by atoms with Gasteiger partial charge >= 0.3 is 0 Å². The molecule has 5 nitrogen and oxygen atoms in total. The van der Waals surface area contributed by atoms with Gasteiger partial charge in [-0.2, -0.15) is 0 Å². The van der Waals surface area contributed by atoms with Crippen LogP contribution in [0.1, 0.15) is 53.7 Å². The molecule has 0 spiro atoms. The zero-order chi connectivity index (χ0) is 23.5. The fourth-order valence-electron chi connectivity index (χ4n) is 4.90. The second kappa shape index (κ2) is 10.2. The molecule has 0 atom stereocenters. The Kier molecular flexibility index (Phi) is 6.85. The molecule has 6 heteroatoms. The molecule has 4 aromatic rings. The molecule has 0 aliphatic heterocycles. The third-order valence-electron chi connectivity index (χ3n) is 6.76. The van der Waals surface area contributed by atoms with Crippen molar-refractivity contribution >= 4 is 34.0 Å². The number of fused-ring (bicyclic) bond motifs is 1. The van der Waals surface area contributed by atoms with Crippen LogP contribution in [0.3, 0.4) is 0 Å². The first-order valence-electron chi connectivity index (χ1n) is 11.9. The minimum atomic E-state index is -0.175. The average Bonchev–Trinajstić information content (AvgIpc) is 3.31. The molecule has 1 saturated carbocycles. The van der Waals surface area contributed by atoms with Gasteiger partial charge in [0.1, 0.15) is 11.2 Å². The highest BCUT2D eigenvalue weighted by Crippen LogP contribution is 2.23. The summed E-state index contributed by atoms with van der Waals surface area (Å²) in [4.78, 5) is 27.3. The van der Waals surface area contributed by atoms with E-state index in [-0.39, 0.29) is 17.5 Å². The summed E-state index contributed by atoms with van der Waals surface area (Å²) >= 11 is 2.34. The normalized spacial score (nSPS) is 14.4. The molecule has 34 heavy (non-hydrogen) atoms. The first-order valence-corrected chi connectivity index (χ1v) is 13.4. The number of rotatable bonds is 6. The van der Waals surface area contributed by atoms with Gasteiger partial charge in [-0.05, 0) is 41.7 Å². The van der Waals surface area contributed by atoms with E-state index in [4.69, 9.17) is 0 Å². The standard InChI is InChI=1S/C28H28IN3O2/c29-17-21-11-7-8-12-22(21)18-32-26(27(33)30-23-13-5-2-6-14-23)19-31-24(15-16-25(31)28(32)34)20-9-3-1-4-10-20/h1,3-4,7-12,15-16,19,23H,2,5-6,13-14,17-18H2,(H,30,33). The second-order valence-corrected chi connectivity index (χ2v) is 9.72. The van der Waals surface area contributed by atoms with Crippen LogP contribution in [0.2, 0.25) is 0 Å². The second-order valence-electron chi connectivity index (χ2n) is 8.96. The van der Waals surface area contributed by atoms with E-state index >= 15 is 0 Å². The molecule has 1 N–H and O–H groups in total. The maximum atomic E-state index is 13.8. The van der Waals surface area contributed by atoms with E-state index in [1.54, 1.807) is 4.57 Å². The first-order chi connectivity index (χ1) is 16.7. The predicted molar refractivity (Wildman–Crippen MR) is 145 cm³/mol. The molecule has 1 aliphatic carbocycles. The fourth-order valence-corrected chi connectivity index (χ4v) is 5.65.